The topological polar surface area (TPSA) is 29.1 Å². The molecule has 1 fully saturated rings. The molecule has 1 N–H and O–H groups in total. The summed E-state index contributed by atoms with van der Waals surface area (Å²) in [6, 6.07) is 14.1. The molecule has 1 aliphatic heterocycles. The quantitative estimate of drug-likeness (QED) is 0.634. The zero-order valence-electron chi connectivity index (χ0n) is 17.9. The third kappa shape index (κ3) is 5.83. The van der Waals surface area contributed by atoms with E-state index in [9.17, 15) is 4.79 Å². The molecule has 1 aliphatic rings. The number of likely N-dealkylation sites (N-methyl/N-ethyl adjacent to an activating group) is 1. The number of benzene rings is 2. The van der Waals surface area contributed by atoms with Crippen molar-refractivity contribution in [2.75, 3.05) is 25.5 Å². The third-order valence-corrected chi connectivity index (χ3v) is 5.93. The van der Waals surface area contributed by atoms with Gasteiger partial charge in [-0.2, -0.15) is 0 Å². The van der Waals surface area contributed by atoms with E-state index in [2.05, 4.69) is 38.3 Å². The highest BCUT2D eigenvalue weighted by Crippen LogP contribution is 2.27. The lowest BCUT2D eigenvalue weighted by Crippen LogP contribution is -2.55. The number of nitrogens with one attached hydrogen (secondary N) is 1. The van der Waals surface area contributed by atoms with E-state index in [1.54, 1.807) is 0 Å². The molecule has 1 saturated heterocycles. The van der Waals surface area contributed by atoms with Crippen LogP contribution in [0.3, 0.4) is 0 Å². The van der Waals surface area contributed by atoms with Crippen LogP contribution in [0, 0.1) is 20.8 Å². The first-order chi connectivity index (χ1) is 13.3. The molecule has 0 radical (unpaired) electrons. The average molecular weight is 402 g/mol. The van der Waals surface area contributed by atoms with Gasteiger partial charge in [-0.1, -0.05) is 54.4 Å². The second-order valence-electron chi connectivity index (χ2n) is 8.12. The summed E-state index contributed by atoms with van der Waals surface area (Å²) in [6.07, 6.45) is 3.31. The van der Waals surface area contributed by atoms with Crippen molar-refractivity contribution in [2.45, 2.75) is 53.0 Å². The van der Waals surface area contributed by atoms with Gasteiger partial charge in [0.15, 0.2) is 6.04 Å². The Kier molecular flexibility index (Phi) is 8.09. The first-order valence-corrected chi connectivity index (χ1v) is 10.6. The molecule has 1 amide bonds. The monoisotopic (exact) mass is 401 g/mol. The van der Waals surface area contributed by atoms with E-state index in [-0.39, 0.29) is 11.9 Å². The Morgan fingerprint density at radius 1 is 1.07 bits per heavy atom. The van der Waals surface area contributed by atoms with Gasteiger partial charge in [0.1, 0.15) is 0 Å². The molecule has 0 bridgehead atoms. The van der Waals surface area contributed by atoms with Crippen molar-refractivity contribution >= 4 is 23.2 Å². The van der Waals surface area contributed by atoms with Crippen LogP contribution >= 0.6 is 11.6 Å². The molecule has 0 aromatic heterocycles. The predicted octanol–water partition coefficient (Wildman–Crippen LogP) is 5.91. The van der Waals surface area contributed by atoms with Crippen LogP contribution in [0.5, 0.6) is 0 Å². The second kappa shape index (κ2) is 10.1. The summed E-state index contributed by atoms with van der Waals surface area (Å²) in [5.41, 5.74) is 4.27. The van der Waals surface area contributed by atoms with Gasteiger partial charge in [0, 0.05) is 30.0 Å². The maximum atomic E-state index is 12.8. The fraction of sp³-hybridized carbons (Fsp3) is 0.458. The van der Waals surface area contributed by atoms with Crippen molar-refractivity contribution in [1.29, 1.82) is 0 Å². The molecular weight excluding hydrogens is 368 g/mol. The van der Waals surface area contributed by atoms with Crippen LogP contribution in [0.2, 0.25) is 5.02 Å². The molecule has 1 atom stereocenters. The minimum Gasteiger partial charge on any atom is -0.320 e. The molecule has 2 aromatic rings. The molecule has 0 saturated carbocycles. The summed E-state index contributed by atoms with van der Waals surface area (Å²) in [5.74, 6) is 0.135. The third-order valence-electron chi connectivity index (χ3n) is 5.72. The van der Waals surface area contributed by atoms with Gasteiger partial charge < -0.3 is 9.80 Å². The Balaban J connectivity index is 0.000000336. The highest BCUT2D eigenvalue weighted by Gasteiger charge is 2.39. The van der Waals surface area contributed by atoms with E-state index in [1.165, 1.54) is 18.4 Å². The fourth-order valence-electron chi connectivity index (χ4n) is 4.13. The second-order valence-corrected chi connectivity index (χ2v) is 8.55. The smallest absolute Gasteiger partial charge is 0.282 e. The summed E-state index contributed by atoms with van der Waals surface area (Å²) in [5, 5.41) is 3.86. The predicted molar refractivity (Wildman–Crippen MR) is 120 cm³/mol. The molecule has 1 heterocycles. The van der Waals surface area contributed by atoms with Crippen molar-refractivity contribution in [3.8, 4) is 0 Å². The van der Waals surface area contributed by atoms with Crippen molar-refractivity contribution in [3.05, 3.63) is 64.2 Å². The van der Waals surface area contributed by atoms with Gasteiger partial charge in [-0.15, -0.1) is 0 Å². The van der Waals surface area contributed by atoms with E-state index in [0.29, 0.717) is 5.02 Å². The maximum absolute atomic E-state index is 12.8. The minimum atomic E-state index is 0.0296. The summed E-state index contributed by atoms with van der Waals surface area (Å²) in [4.78, 5) is 12.8. The molecule has 3 nitrogen and oxygen atoms in total. The van der Waals surface area contributed by atoms with Crippen LogP contribution in [0.15, 0.2) is 42.5 Å². The minimum absolute atomic E-state index is 0.0296. The number of hydrogen-bond donors (Lipinski definition) is 1. The standard InChI is InChI=1S/C17H25ClN2O.C7H8/c1-5-15(20(4)8-6-7-9-20)17(21)19-16-12(2)10-14(18)11-13(16)3;1-7-5-3-2-4-6-7/h10-11,15H,5-9H2,1-4H3;2-6H,1H3/p+1. The van der Waals surface area contributed by atoms with Crippen molar-refractivity contribution in [3.63, 3.8) is 0 Å². The Hall–Kier alpha value is -1.84. The zero-order chi connectivity index (χ0) is 20.7. The average Bonchev–Trinajstić information content (AvgIpc) is 3.07. The molecule has 0 spiro atoms. The summed E-state index contributed by atoms with van der Waals surface area (Å²) < 4.78 is 0.869. The molecular formula is C24H34ClN2O+. The molecule has 1 unspecified atom stereocenters. The van der Waals surface area contributed by atoms with Crippen LogP contribution in [0.4, 0.5) is 5.69 Å². The highest BCUT2D eigenvalue weighted by atomic mass is 35.5. The first-order valence-electron chi connectivity index (χ1n) is 10.2. The zero-order valence-corrected chi connectivity index (χ0v) is 18.6. The van der Waals surface area contributed by atoms with Gasteiger partial charge in [-0.05, 0) is 44.0 Å². The molecule has 152 valence electrons. The van der Waals surface area contributed by atoms with Crippen molar-refractivity contribution < 1.29 is 9.28 Å². The van der Waals surface area contributed by atoms with Crippen molar-refractivity contribution in [2.24, 2.45) is 0 Å². The molecule has 28 heavy (non-hydrogen) atoms. The number of nitrogens with zero attached hydrogens (tertiary/aromatic N) is 1. The van der Waals surface area contributed by atoms with Gasteiger partial charge in [-0.25, -0.2) is 0 Å². The number of rotatable bonds is 4. The maximum Gasteiger partial charge on any atom is 0.282 e. The van der Waals surface area contributed by atoms with Gasteiger partial charge in [0.05, 0.1) is 20.1 Å². The Bertz CT molecular complexity index is 759. The number of anilines is 1. The van der Waals surface area contributed by atoms with E-state index >= 15 is 0 Å². The number of quaternary nitrogens is 1. The molecule has 3 rings (SSSR count). The normalized spacial score (nSPS) is 16.1. The Morgan fingerprint density at radius 2 is 1.61 bits per heavy atom. The largest absolute Gasteiger partial charge is 0.320 e. The summed E-state index contributed by atoms with van der Waals surface area (Å²) in [6.45, 7) is 10.4. The van der Waals surface area contributed by atoms with Gasteiger partial charge in [-0.3, -0.25) is 4.79 Å². The lowest BCUT2D eigenvalue weighted by atomic mass is 10.1. The molecule has 4 heteroatoms. The van der Waals surface area contributed by atoms with Gasteiger partial charge in [0.2, 0.25) is 0 Å². The van der Waals surface area contributed by atoms with Crippen LogP contribution in [0.25, 0.3) is 0 Å². The van der Waals surface area contributed by atoms with Gasteiger partial charge >= 0.3 is 0 Å². The number of aryl methyl sites for hydroxylation is 3. The van der Waals surface area contributed by atoms with Crippen molar-refractivity contribution in [1.82, 2.24) is 0 Å². The fourth-order valence-corrected chi connectivity index (χ4v) is 4.45. The van der Waals surface area contributed by atoms with E-state index in [4.69, 9.17) is 11.6 Å². The van der Waals surface area contributed by atoms with Crippen LogP contribution in [-0.2, 0) is 4.79 Å². The summed E-state index contributed by atoms with van der Waals surface area (Å²) >= 11 is 6.06. The van der Waals surface area contributed by atoms with Crippen LogP contribution in [0.1, 0.15) is 42.9 Å². The summed E-state index contributed by atoms with van der Waals surface area (Å²) in [7, 11) is 2.21. The molecule has 2 aromatic carbocycles. The van der Waals surface area contributed by atoms with E-state index in [0.717, 1.165) is 40.8 Å². The number of hydrogen-bond acceptors (Lipinski definition) is 1. The lowest BCUT2D eigenvalue weighted by molar-refractivity contribution is -0.913. The number of carbonyl (C=O) groups excluding carboxylic acids is 1. The van der Waals surface area contributed by atoms with Crippen LogP contribution < -0.4 is 5.32 Å². The number of amides is 1. The number of carbonyl (C=O) groups is 1. The Morgan fingerprint density at radius 3 is 2.04 bits per heavy atom. The molecule has 0 aliphatic carbocycles. The number of halogens is 1. The SMILES string of the molecule is CCC(C(=O)Nc1c(C)cc(Cl)cc1C)[N+]1(C)CCCC1.Cc1ccccc1. The first kappa shape index (κ1) is 22.4. The highest BCUT2D eigenvalue weighted by molar-refractivity contribution is 6.30. The lowest BCUT2D eigenvalue weighted by Gasteiger charge is -2.36. The van der Waals surface area contributed by atoms with Gasteiger partial charge in [0.25, 0.3) is 5.91 Å². The van der Waals surface area contributed by atoms with E-state index < -0.39 is 0 Å². The van der Waals surface area contributed by atoms with E-state index in [1.807, 2.05) is 44.2 Å². The number of likely N-dealkylation sites (tertiary alicyclic amines) is 1. The Labute approximate surface area is 175 Å². The van der Waals surface area contributed by atoms with Crippen LogP contribution in [-0.4, -0.2) is 36.6 Å².